The molecule has 0 bridgehead atoms. The van der Waals surface area contributed by atoms with Gasteiger partial charge in [-0.1, -0.05) is 29.8 Å². The zero-order valence-corrected chi connectivity index (χ0v) is 18.6. The third-order valence-corrected chi connectivity index (χ3v) is 5.76. The van der Waals surface area contributed by atoms with Crippen LogP contribution < -0.4 is 4.74 Å². The number of aliphatic hydroxyl groups excluding tert-OH is 1. The van der Waals surface area contributed by atoms with Gasteiger partial charge in [0.1, 0.15) is 17.3 Å². The van der Waals surface area contributed by atoms with E-state index in [1.807, 2.05) is 19.9 Å². The van der Waals surface area contributed by atoms with E-state index in [4.69, 9.17) is 20.8 Å². The molecule has 1 unspecified atom stereocenters. The van der Waals surface area contributed by atoms with Crippen molar-refractivity contribution in [1.82, 2.24) is 4.90 Å². The second-order valence-electron chi connectivity index (χ2n) is 7.72. The number of halogens is 1. The molecule has 1 N–H and O–H groups in total. The van der Waals surface area contributed by atoms with Gasteiger partial charge in [0.05, 0.1) is 37.1 Å². The number of carbonyl (C=O) groups is 2. The van der Waals surface area contributed by atoms with E-state index >= 15 is 0 Å². The molecule has 32 heavy (non-hydrogen) atoms. The number of likely N-dealkylation sites (tertiary alicyclic amines) is 1. The summed E-state index contributed by atoms with van der Waals surface area (Å²) < 4.78 is 10.9. The molecule has 1 atom stereocenters. The number of ketones is 1. The van der Waals surface area contributed by atoms with Gasteiger partial charge in [0.2, 0.25) is 0 Å². The number of furan rings is 1. The monoisotopic (exact) mass is 451 g/mol. The van der Waals surface area contributed by atoms with Gasteiger partial charge >= 0.3 is 0 Å². The molecule has 1 saturated heterocycles. The van der Waals surface area contributed by atoms with Crippen LogP contribution in [0.3, 0.4) is 0 Å². The molecular formula is C25H22ClNO5. The molecule has 0 aliphatic carbocycles. The molecule has 0 saturated carbocycles. The quantitative estimate of drug-likeness (QED) is 0.328. The van der Waals surface area contributed by atoms with Gasteiger partial charge in [-0.05, 0) is 60.9 Å². The van der Waals surface area contributed by atoms with Gasteiger partial charge in [0.25, 0.3) is 11.7 Å². The van der Waals surface area contributed by atoms with E-state index in [2.05, 4.69) is 0 Å². The highest BCUT2D eigenvalue weighted by atomic mass is 35.5. The lowest BCUT2D eigenvalue weighted by Crippen LogP contribution is -2.29. The van der Waals surface area contributed by atoms with Crippen molar-refractivity contribution in [2.45, 2.75) is 26.4 Å². The van der Waals surface area contributed by atoms with E-state index < -0.39 is 17.7 Å². The SMILES string of the molecule is COc1c(C)cc(C)cc1/C(O)=C1\C(=O)C(=O)N(Cc2ccco2)C1c1ccc(Cl)cc1. The molecule has 0 spiro atoms. The maximum Gasteiger partial charge on any atom is 0.296 e. The molecule has 3 aromatic rings. The van der Waals surface area contributed by atoms with E-state index in [1.165, 1.54) is 18.3 Å². The predicted octanol–water partition coefficient (Wildman–Crippen LogP) is 5.18. The number of aryl methyl sites for hydroxylation is 2. The number of aliphatic hydroxyl groups is 1. The summed E-state index contributed by atoms with van der Waals surface area (Å²) >= 11 is 6.06. The Balaban J connectivity index is 1.93. The summed E-state index contributed by atoms with van der Waals surface area (Å²) in [4.78, 5) is 27.6. The summed E-state index contributed by atoms with van der Waals surface area (Å²) in [5, 5.41) is 11.9. The van der Waals surface area contributed by atoms with Crippen molar-refractivity contribution in [3.8, 4) is 5.75 Å². The fourth-order valence-electron chi connectivity index (χ4n) is 4.15. The van der Waals surface area contributed by atoms with Crippen LogP contribution in [0.4, 0.5) is 0 Å². The third-order valence-electron chi connectivity index (χ3n) is 5.51. The van der Waals surface area contributed by atoms with Crippen LogP contribution in [0, 0.1) is 13.8 Å². The number of nitrogens with zero attached hydrogens (tertiary/aromatic N) is 1. The molecule has 164 valence electrons. The second kappa shape index (κ2) is 8.55. The number of amides is 1. The summed E-state index contributed by atoms with van der Waals surface area (Å²) in [6.45, 7) is 3.82. The van der Waals surface area contributed by atoms with Crippen molar-refractivity contribution >= 4 is 29.1 Å². The van der Waals surface area contributed by atoms with Crippen LogP contribution in [0.1, 0.15) is 34.1 Å². The molecule has 0 radical (unpaired) electrons. The van der Waals surface area contributed by atoms with E-state index in [0.29, 0.717) is 27.7 Å². The van der Waals surface area contributed by atoms with Crippen molar-refractivity contribution < 1.29 is 23.8 Å². The van der Waals surface area contributed by atoms with Gasteiger partial charge in [-0.2, -0.15) is 0 Å². The lowest BCUT2D eigenvalue weighted by molar-refractivity contribution is -0.140. The average molecular weight is 452 g/mol. The van der Waals surface area contributed by atoms with Crippen LogP contribution in [0.25, 0.3) is 5.76 Å². The van der Waals surface area contributed by atoms with Crippen molar-refractivity contribution in [2.24, 2.45) is 0 Å². The van der Waals surface area contributed by atoms with Gasteiger partial charge in [-0.3, -0.25) is 9.59 Å². The molecule has 1 amide bonds. The van der Waals surface area contributed by atoms with E-state index in [1.54, 1.807) is 42.5 Å². The summed E-state index contributed by atoms with van der Waals surface area (Å²) in [6, 6.07) is 13.1. The van der Waals surface area contributed by atoms with Crippen LogP contribution in [0.2, 0.25) is 5.02 Å². The summed E-state index contributed by atoms with van der Waals surface area (Å²) in [5.41, 5.74) is 2.69. The molecule has 1 aliphatic rings. The van der Waals surface area contributed by atoms with Gasteiger partial charge in [-0.25, -0.2) is 0 Å². The Morgan fingerprint density at radius 2 is 1.88 bits per heavy atom. The van der Waals surface area contributed by atoms with Gasteiger partial charge < -0.3 is 19.2 Å². The Morgan fingerprint density at radius 3 is 2.50 bits per heavy atom. The fraction of sp³-hybridized carbons (Fsp3) is 0.200. The normalized spacial score (nSPS) is 17.8. The minimum atomic E-state index is -0.817. The molecule has 4 rings (SSSR count). The van der Waals surface area contributed by atoms with Gasteiger partial charge in [0, 0.05) is 5.02 Å². The molecule has 1 aromatic heterocycles. The minimum absolute atomic E-state index is 0.00724. The van der Waals surface area contributed by atoms with Crippen LogP contribution in [-0.2, 0) is 16.1 Å². The highest BCUT2D eigenvalue weighted by Crippen LogP contribution is 2.42. The van der Waals surface area contributed by atoms with E-state index in [0.717, 1.165) is 11.1 Å². The number of carbonyl (C=O) groups excluding carboxylic acids is 2. The Kier molecular flexibility index (Phi) is 5.80. The van der Waals surface area contributed by atoms with Crippen molar-refractivity contribution in [1.29, 1.82) is 0 Å². The fourth-order valence-corrected chi connectivity index (χ4v) is 4.28. The molecule has 1 aliphatic heterocycles. The molecule has 1 fully saturated rings. The largest absolute Gasteiger partial charge is 0.507 e. The van der Waals surface area contributed by atoms with E-state index in [9.17, 15) is 14.7 Å². The molecule has 6 nitrogen and oxygen atoms in total. The standard InChI is InChI=1S/C25H22ClNO5/c1-14-11-15(2)24(31-3)19(12-14)22(28)20-21(16-6-8-17(26)9-7-16)27(25(30)23(20)29)13-18-5-4-10-32-18/h4-12,21,28H,13H2,1-3H3/b22-20+. The molecular weight excluding hydrogens is 430 g/mol. The summed E-state index contributed by atoms with van der Waals surface area (Å²) in [5.74, 6) is -0.801. The Hall–Kier alpha value is -3.51. The summed E-state index contributed by atoms with van der Waals surface area (Å²) in [7, 11) is 1.50. The number of methoxy groups -OCH3 is 1. The number of Topliss-reactive ketones (excluding diaryl/α,β-unsaturated/α-hetero) is 1. The topological polar surface area (TPSA) is 80.0 Å². The maximum atomic E-state index is 13.2. The lowest BCUT2D eigenvalue weighted by atomic mass is 9.93. The highest BCUT2D eigenvalue weighted by Gasteiger charge is 2.46. The first-order valence-corrected chi connectivity index (χ1v) is 10.4. The number of benzene rings is 2. The minimum Gasteiger partial charge on any atom is -0.507 e. The van der Waals surface area contributed by atoms with Crippen molar-refractivity contribution in [2.75, 3.05) is 7.11 Å². The van der Waals surface area contributed by atoms with Crippen LogP contribution in [0.5, 0.6) is 5.75 Å². The number of rotatable bonds is 5. The molecule has 2 heterocycles. The van der Waals surface area contributed by atoms with E-state index in [-0.39, 0.29) is 17.9 Å². The zero-order chi connectivity index (χ0) is 23.0. The Labute approximate surface area is 190 Å². The number of ether oxygens (including phenoxy) is 1. The first-order chi connectivity index (χ1) is 15.3. The van der Waals surface area contributed by atoms with Crippen LogP contribution in [0.15, 0.2) is 64.8 Å². The van der Waals surface area contributed by atoms with Crippen LogP contribution >= 0.6 is 11.6 Å². The van der Waals surface area contributed by atoms with Crippen molar-refractivity contribution in [3.05, 3.63) is 93.4 Å². The Morgan fingerprint density at radius 1 is 1.16 bits per heavy atom. The smallest absolute Gasteiger partial charge is 0.296 e. The molecule has 7 heteroatoms. The van der Waals surface area contributed by atoms with Crippen molar-refractivity contribution in [3.63, 3.8) is 0 Å². The lowest BCUT2D eigenvalue weighted by Gasteiger charge is -2.25. The molecule has 2 aromatic carbocycles. The highest BCUT2D eigenvalue weighted by molar-refractivity contribution is 6.46. The third kappa shape index (κ3) is 3.78. The van der Waals surface area contributed by atoms with Gasteiger partial charge in [-0.15, -0.1) is 0 Å². The van der Waals surface area contributed by atoms with Crippen LogP contribution in [-0.4, -0.2) is 28.8 Å². The predicted molar refractivity (Wildman–Crippen MR) is 120 cm³/mol. The van der Waals surface area contributed by atoms with Gasteiger partial charge in [0.15, 0.2) is 0 Å². The second-order valence-corrected chi connectivity index (χ2v) is 8.16. The number of hydrogen-bond acceptors (Lipinski definition) is 5. The maximum absolute atomic E-state index is 13.2. The summed E-state index contributed by atoms with van der Waals surface area (Å²) in [6.07, 6.45) is 1.50. The average Bonchev–Trinajstić information content (AvgIpc) is 3.36. The number of hydrogen-bond donors (Lipinski definition) is 1. The Bertz CT molecular complexity index is 1210. The first-order valence-electron chi connectivity index (χ1n) is 10.0. The first kappa shape index (κ1) is 21.7. The zero-order valence-electron chi connectivity index (χ0n) is 17.9.